The molecule has 10 heteroatoms. The van der Waals surface area contributed by atoms with E-state index in [9.17, 15) is 22.4 Å². The van der Waals surface area contributed by atoms with Crippen molar-refractivity contribution < 1.29 is 27.1 Å². The molecule has 0 saturated heterocycles. The molecular weight excluding hydrogens is 392 g/mol. The summed E-state index contributed by atoms with van der Waals surface area (Å²) < 4.78 is 56.3. The molecule has 0 aliphatic carbocycles. The van der Waals surface area contributed by atoms with Crippen molar-refractivity contribution in [3.63, 3.8) is 0 Å². The fourth-order valence-electron chi connectivity index (χ4n) is 2.27. The molecule has 0 spiro atoms. The lowest BCUT2D eigenvalue weighted by molar-refractivity contribution is -0.137. The molecule has 0 unspecified atom stereocenters. The average molecular weight is 406 g/mol. The molecule has 2 aromatic carbocycles. The number of carbonyl (C=O) groups is 1. The van der Waals surface area contributed by atoms with Crippen LogP contribution in [0.4, 0.5) is 34.0 Å². The first kappa shape index (κ1) is 20.1. The Bertz CT molecular complexity index is 1010. The molecule has 3 rings (SSSR count). The molecule has 3 aromatic rings. The number of ether oxygens (including phenoxy) is 1. The highest BCUT2D eigenvalue weighted by Crippen LogP contribution is 2.31. The first-order valence-electron chi connectivity index (χ1n) is 8.22. The number of hydrogen-bond acceptors (Lipinski definition) is 4. The summed E-state index contributed by atoms with van der Waals surface area (Å²) in [5, 5.41) is 4.86. The molecule has 2 N–H and O–H groups in total. The zero-order valence-corrected chi connectivity index (χ0v) is 14.9. The van der Waals surface area contributed by atoms with Crippen molar-refractivity contribution in [2.24, 2.45) is 0 Å². The quantitative estimate of drug-likeness (QED) is 0.571. The van der Waals surface area contributed by atoms with Crippen LogP contribution in [0.5, 0.6) is 11.5 Å². The van der Waals surface area contributed by atoms with E-state index >= 15 is 0 Å². The number of nitrogens with zero attached hydrogens (tertiary/aromatic N) is 2. The normalized spacial score (nSPS) is 11.1. The average Bonchev–Trinajstić information content (AvgIpc) is 2.66. The number of halogens is 4. The van der Waals surface area contributed by atoms with Crippen molar-refractivity contribution in [2.45, 2.75) is 13.1 Å². The van der Waals surface area contributed by atoms with Gasteiger partial charge in [-0.05, 0) is 48.9 Å². The minimum absolute atomic E-state index is 0.0451. The summed E-state index contributed by atoms with van der Waals surface area (Å²) in [5.41, 5.74) is 0.174. The van der Waals surface area contributed by atoms with Gasteiger partial charge in [-0.2, -0.15) is 13.2 Å². The number of aryl methyl sites for hydroxylation is 1. The van der Waals surface area contributed by atoms with E-state index in [4.69, 9.17) is 4.74 Å². The smallest absolute Gasteiger partial charge is 0.416 e. The summed E-state index contributed by atoms with van der Waals surface area (Å²) in [6, 6.07) is 7.43. The molecule has 29 heavy (non-hydrogen) atoms. The summed E-state index contributed by atoms with van der Waals surface area (Å²) in [6.45, 7) is 1.71. The first-order chi connectivity index (χ1) is 13.7. The second kappa shape index (κ2) is 8.13. The molecule has 0 radical (unpaired) electrons. The summed E-state index contributed by atoms with van der Waals surface area (Å²) in [4.78, 5) is 19.8. The lowest BCUT2D eigenvalue weighted by Gasteiger charge is -2.10. The lowest BCUT2D eigenvalue weighted by Crippen LogP contribution is -2.21. The van der Waals surface area contributed by atoms with E-state index in [1.54, 1.807) is 6.92 Å². The molecule has 150 valence electrons. The molecule has 0 saturated carbocycles. The van der Waals surface area contributed by atoms with E-state index in [1.807, 2.05) is 0 Å². The molecule has 0 atom stereocenters. The van der Waals surface area contributed by atoms with Crippen molar-refractivity contribution in [3.8, 4) is 11.5 Å². The van der Waals surface area contributed by atoms with Crippen LogP contribution in [0.3, 0.4) is 0 Å². The van der Waals surface area contributed by atoms with Gasteiger partial charge in [-0.3, -0.25) is 5.32 Å². The maximum Gasteiger partial charge on any atom is 0.416 e. The topological polar surface area (TPSA) is 76.1 Å². The highest BCUT2D eigenvalue weighted by atomic mass is 19.4. The molecule has 6 nitrogen and oxygen atoms in total. The Morgan fingerprint density at radius 1 is 0.966 bits per heavy atom. The van der Waals surface area contributed by atoms with Gasteiger partial charge >= 0.3 is 12.2 Å². The highest BCUT2D eigenvalue weighted by molar-refractivity contribution is 5.99. The Morgan fingerprint density at radius 3 is 2.24 bits per heavy atom. The van der Waals surface area contributed by atoms with E-state index < -0.39 is 23.6 Å². The second-order valence-electron chi connectivity index (χ2n) is 5.90. The van der Waals surface area contributed by atoms with Crippen molar-refractivity contribution in [1.82, 2.24) is 9.97 Å². The third kappa shape index (κ3) is 5.41. The monoisotopic (exact) mass is 406 g/mol. The number of amides is 2. The van der Waals surface area contributed by atoms with Crippen molar-refractivity contribution in [3.05, 3.63) is 71.8 Å². The fraction of sp³-hybridized carbons (Fsp3) is 0.105. The summed E-state index contributed by atoms with van der Waals surface area (Å²) in [6.07, 6.45) is -1.94. The van der Waals surface area contributed by atoms with E-state index in [0.717, 1.165) is 12.1 Å². The van der Waals surface area contributed by atoms with Crippen LogP contribution in [-0.2, 0) is 6.18 Å². The molecule has 0 aliphatic heterocycles. The molecule has 0 fully saturated rings. The fourth-order valence-corrected chi connectivity index (χ4v) is 2.27. The van der Waals surface area contributed by atoms with Gasteiger partial charge in [-0.25, -0.2) is 19.2 Å². The molecular formula is C19H14F4N4O2. The van der Waals surface area contributed by atoms with Crippen LogP contribution in [-0.4, -0.2) is 16.0 Å². The second-order valence-corrected chi connectivity index (χ2v) is 5.90. The number of rotatable bonds is 4. The first-order valence-corrected chi connectivity index (χ1v) is 8.22. The number of urea groups is 1. The molecule has 0 bridgehead atoms. The number of aromatic nitrogens is 2. The molecule has 2 amide bonds. The van der Waals surface area contributed by atoms with E-state index in [2.05, 4.69) is 20.6 Å². The van der Waals surface area contributed by atoms with Gasteiger partial charge in [0.05, 0.1) is 18.0 Å². The summed E-state index contributed by atoms with van der Waals surface area (Å²) in [5.74, 6) is -0.207. The maximum absolute atomic E-state index is 13.3. The third-order valence-corrected chi connectivity index (χ3v) is 3.72. The van der Waals surface area contributed by atoms with Gasteiger partial charge in [0.15, 0.2) is 5.75 Å². The van der Waals surface area contributed by atoms with Crippen LogP contribution in [0.15, 0.2) is 54.9 Å². The van der Waals surface area contributed by atoms with Crippen LogP contribution in [0, 0.1) is 12.7 Å². The molecule has 1 heterocycles. The van der Waals surface area contributed by atoms with Gasteiger partial charge in [-0.1, -0.05) is 6.07 Å². The number of anilines is 2. The standard InChI is InChI=1S/C19H14F4N4O2/c1-11-2-5-13(20)8-16(11)26-18(28)27-17-24-9-15(10-25-17)29-14-6-3-12(4-7-14)19(21,22)23/h2-10H,1H3,(H2,24,25,26,27,28). The Balaban J connectivity index is 1.60. The predicted molar refractivity (Wildman–Crippen MR) is 97.3 cm³/mol. The van der Waals surface area contributed by atoms with Crippen LogP contribution < -0.4 is 15.4 Å². The molecule has 1 aromatic heterocycles. The van der Waals surface area contributed by atoms with Gasteiger partial charge in [-0.15, -0.1) is 0 Å². The van der Waals surface area contributed by atoms with Crippen molar-refractivity contribution in [2.75, 3.05) is 10.6 Å². The Labute approximate surface area is 162 Å². The van der Waals surface area contributed by atoms with Gasteiger partial charge < -0.3 is 10.1 Å². The van der Waals surface area contributed by atoms with Crippen LogP contribution >= 0.6 is 0 Å². The predicted octanol–water partition coefficient (Wildman–Crippen LogP) is 5.38. The van der Waals surface area contributed by atoms with Gasteiger partial charge in [0.1, 0.15) is 11.6 Å². The minimum atomic E-state index is -4.43. The Hall–Kier alpha value is -3.69. The highest BCUT2D eigenvalue weighted by Gasteiger charge is 2.30. The number of nitrogens with one attached hydrogen (secondary N) is 2. The lowest BCUT2D eigenvalue weighted by atomic mass is 10.2. The Kier molecular flexibility index (Phi) is 5.62. The van der Waals surface area contributed by atoms with E-state index in [1.165, 1.54) is 42.7 Å². The van der Waals surface area contributed by atoms with E-state index in [-0.39, 0.29) is 17.4 Å². The van der Waals surface area contributed by atoms with Crippen LogP contribution in [0.25, 0.3) is 0 Å². The summed E-state index contributed by atoms with van der Waals surface area (Å²) in [7, 11) is 0. The third-order valence-electron chi connectivity index (χ3n) is 3.72. The Morgan fingerprint density at radius 2 is 1.62 bits per heavy atom. The van der Waals surface area contributed by atoms with Gasteiger partial charge in [0, 0.05) is 5.69 Å². The SMILES string of the molecule is Cc1ccc(F)cc1NC(=O)Nc1ncc(Oc2ccc(C(F)(F)F)cc2)cn1. The number of carbonyl (C=O) groups excluding carboxylic acids is 1. The van der Waals surface area contributed by atoms with Crippen LogP contribution in [0.1, 0.15) is 11.1 Å². The maximum atomic E-state index is 13.3. The van der Waals surface area contributed by atoms with E-state index in [0.29, 0.717) is 11.3 Å². The zero-order valence-electron chi connectivity index (χ0n) is 14.9. The number of hydrogen-bond donors (Lipinski definition) is 2. The van der Waals surface area contributed by atoms with Crippen molar-refractivity contribution in [1.29, 1.82) is 0 Å². The van der Waals surface area contributed by atoms with Crippen LogP contribution in [0.2, 0.25) is 0 Å². The van der Waals surface area contributed by atoms with Gasteiger partial charge in [0.25, 0.3) is 0 Å². The van der Waals surface area contributed by atoms with Gasteiger partial charge in [0.2, 0.25) is 5.95 Å². The minimum Gasteiger partial charge on any atom is -0.454 e. The molecule has 0 aliphatic rings. The zero-order chi connectivity index (χ0) is 21.0. The number of alkyl halides is 3. The number of benzene rings is 2. The van der Waals surface area contributed by atoms with Crippen molar-refractivity contribution >= 4 is 17.7 Å². The largest absolute Gasteiger partial charge is 0.454 e. The summed E-state index contributed by atoms with van der Waals surface area (Å²) >= 11 is 0.